The van der Waals surface area contributed by atoms with E-state index in [2.05, 4.69) is 46.7 Å². The van der Waals surface area contributed by atoms with Crippen molar-refractivity contribution in [2.45, 2.75) is 51.7 Å². The van der Waals surface area contributed by atoms with Gasteiger partial charge in [0.05, 0.1) is 20.3 Å². The van der Waals surface area contributed by atoms with Crippen LogP contribution in [0.2, 0.25) is 0 Å². The van der Waals surface area contributed by atoms with Crippen molar-refractivity contribution in [1.29, 1.82) is 0 Å². The zero-order chi connectivity index (χ0) is 20.0. The van der Waals surface area contributed by atoms with Crippen LogP contribution in [0.1, 0.15) is 47.7 Å². The predicted octanol–water partition coefficient (Wildman–Crippen LogP) is 5.25. The molecule has 29 heavy (non-hydrogen) atoms. The summed E-state index contributed by atoms with van der Waals surface area (Å²) >= 11 is 0. The van der Waals surface area contributed by atoms with Gasteiger partial charge in [-0.05, 0) is 68.0 Å². The first-order valence-corrected chi connectivity index (χ1v) is 10.8. The summed E-state index contributed by atoms with van der Waals surface area (Å²) in [6, 6.07) is 13.8. The third kappa shape index (κ3) is 3.10. The van der Waals surface area contributed by atoms with Crippen molar-refractivity contribution in [1.82, 2.24) is 9.47 Å². The van der Waals surface area contributed by atoms with Gasteiger partial charge in [0.2, 0.25) is 0 Å². The molecule has 0 bridgehead atoms. The first-order chi connectivity index (χ1) is 14.2. The SMILES string of the molecule is COc1ccc(CN2CCCn3c4c(c5cc(C)ccc53)CCC[C@H]42)cc1OC. The van der Waals surface area contributed by atoms with E-state index in [1.807, 2.05) is 6.07 Å². The van der Waals surface area contributed by atoms with E-state index in [0.717, 1.165) is 31.1 Å². The Labute approximate surface area is 173 Å². The number of methoxy groups -OCH3 is 2. The van der Waals surface area contributed by atoms with Crippen molar-refractivity contribution in [2.24, 2.45) is 0 Å². The smallest absolute Gasteiger partial charge is 0.161 e. The molecule has 1 atom stereocenters. The minimum Gasteiger partial charge on any atom is -0.493 e. The summed E-state index contributed by atoms with van der Waals surface area (Å²) in [5, 5.41) is 1.48. The molecule has 2 heterocycles. The van der Waals surface area contributed by atoms with E-state index in [1.54, 1.807) is 25.5 Å². The predicted molar refractivity (Wildman–Crippen MR) is 117 cm³/mol. The number of rotatable bonds is 4. The molecule has 0 saturated carbocycles. The molecule has 3 aromatic rings. The lowest BCUT2D eigenvalue weighted by Crippen LogP contribution is -2.31. The number of nitrogens with zero attached hydrogens (tertiary/aromatic N) is 2. The monoisotopic (exact) mass is 390 g/mol. The Kier molecular flexibility index (Phi) is 4.75. The Balaban J connectivity index is 1.54. The summed E-state index contributed by atoms with van der Waals surface area (Å²) in [5.74, 6) is 1.61. The molecular formula is C25H30N2O2. The van der Waals surface area contributed by atoms with Crippen molar-refractivity contribution in [3.63, 3.8) is 0 Å². The minimum atomic E-state index is 0.502. The van der Waals surface area contributed by atoms with Gasteiger partial charge in [0.15, 0.2) is 11.5 Å². The topological polar surface area (TPSA) is 26.6 Å². The van der Waals surface area contributed by atoms with Crippen LogP contribution in [-0.2, 0) is 19.5 Å². The van der Waals surface area contributed by atoms with E-state index in [-0.39, 0.29) is 0 Å². The van der Waals surface area contributed by atoms with Crippen molar-refractivity contribution in [3.8, 4) is 11.5 Å². The lowest BCUT2D eigenvalue weighted by molar-refractivity contribution is 0.173. The molecule has 0 spiro atoms. The summed E-state index contributed by atoms with van der Waals surface area (Å²) in [6.07, 6.45) is 4.92. The van der Waals surface area contributed by atoms with Crippen molar-refractivity contribution < 1.29 is 9.47 Å². The quantitative estimate of drug-likeness (QED) is 0.609. The molecule has 1 aliphatic carbocycles. The van der Waals surface area contributed by atoms with E-state index in [1.165, 1.54) is 47.7 Å². The maximum absolute atomic E-state index is 5.53. The van der Waals surface area contributed by atoms with Gasteiger partial charge in [-0.25, -0.2) is 0 Å². The second-order valence-corrected chi connectivity index (χ2v) is 8.46. The molecule has 1 aliphatic heterocycles. The molecule has 2 aromatic carbocycles. The van der Waals surface area contributed by atoms with Gasteiger partial charge in [0, 0.05) is 36.2 Å². The van der Waals surface area contributed by atoms with Crippen LogP contribution in [0.15, 0.2) is 36.4 Å². The fourth-order valence-corrected chi connectivity index (χ4v) is 5.40. The Morgan fingerprint density at radius 3 is 2.66 bits per heavy atom. The Morgan fingerprint density at radius 1 is 0.966 bits per heavy atom. The summed E-state index contributed by atoms with van der Waals surface area (Å²) in [6.45, 7) is 5.41. The molecule has 4 heteroatoms. The van der Waals surface area contributed by atoms with Gasteiger partial charge in [-0.15, -0.1) is 0 Å². The second kappa shape index (κ2) is 7.42. The molecule has 152 valence electrons. The second-order valence-electron chi connectivity index (χ2n) is 8.46. The van der Waals surface area contributed by atoms with Gasteiger partial charge in [-0.1, -0.05) is 17.7 Å². The average molecular weight is 391 g/mol. The van der Waals surface area contributed by atoms with E-state index in [4.69, 9.17) is 9.47 Å². The van der Waals surface area contributed by atoms with Crippen LogP contribution in [0.25, 0.3) is 10.9 Å². The van der Waals surface area contributed by atoms with Gasteiger partial charge < -0.3 is 14.0 Å². The van der Waals surface area contributed by atoms with E-state index in [0.29, 0.717) is 6.04 Å². The Hall–Kier alpha value is -2.46. The number of aromatic nitrogens is 1. The molecule has 5 rings (SSSR count). The molecule has 0 amide bonds. The van der Waals surface area contributed by atoms with Crippen LogP contribution in [0.5, 0.6) is 11.5 Å². The lowest BCUT2D eigenvalue weighted by atomic mass is 9.90. The van der Waals surface area contributed by atoms with E-state index < -0.39 is 0 Å². The summed E-state index contributed by atoms with van der Waals surface area (Å²) < 4.78 is 13.6. The normalized spacial score (nSPS) is 19.1. The zero-order valence-corrected chi connectivity index (χ0v) is 17.7. The van der Waals surface area contributed by atoms with Gasteiger partial charge in [-0.2, -0.15) is 0 Å². The number of hydrogen-bond donors (Lipinski definition) is 0. The highest BCUT2D eigenvalue weighted by molar-refractivity contribution is 5.87. The molecule has 0 fully saturated rings. The van der Waals surface area contributed by atoms with Crippen molar-refractivity contribution in [3.05, 3.63) is 58.8 Å². The fourth-order valence-electron chi connectivity index (χ4n) is 5.40. The first-order valence-electron chi connectivity index (χ1n) is 10.8. The third-order valence-electron chi connectivity index (χ3n) is 6.69. The molecule has 0 radical (unpaired) electrons. The van der Waals surface area contributed by atoms with Gasteiger partial charge in [0.1, 0.15) is 0 Å². The molecule has 4 nitrogen and oxygen atoms in total. The highest BCUT2D eigenvalue weighted by Crippen LogP contribution is 2.43. The van der Waals surface area contributed by atoms with Crippen LogP contribution < -0.4 is 9.47 Å². The molecular weight excluding hydrogens is 360 g/mol. The number of hydrogen-bond acceptors (Lipinski definition) is 3. The number of benzene rings is 2. The van der Waals surface area contributed by atoms with E-state index in [9.17, 15) is 0 Å². The third-order valence-corrected chi connectivity index (χ3v) is 6.69. The summed E-state index contributed by atoms with van der Waals surface area (Å²) in [7, 11) is 3.40. The summed E-state index contributed by atoms with van der Waals surface area (Å²) in [5.41, 5.74) is 7.25. The molecule has 0 unspecified atom stereocenters. The summed E-state index contributed by atoms with van der Waals surface area (Å²) in [4.78, 5) is 2.69. The highest BCUT2D eigenvalue weighted by Gasteiger charge is 2.33. The zero-order valence-electron chi connectivity index (χ0n) is 17.7. The lowest BCUT2D eigenvalue weighted by Gasteiger charge is -2.33. The average Bonchev–Trinajstić information content (AvgIpc) is 2.93. The molecule has 0 N–H and O–H groups in total. The van der Waals surface area contributed by atoms with Crippen LogP contribution in [0.4, 0.5) is 0 Å². The Morgan fingerprint density at radius 2 is 1.83 bits per heavy atom. The van der Waals surface area contributed by atoms with Crippen LogP contribution in [0.3, 0.4) is 0 Å². The van der Waals surface area contributed by atoms with Crippen LogP contribution in [-0.4, -0.2) is 30.2 Å². The molecule has 1 aromatic heterocycles. The minimum absolute atomic E-state index is 0.502. The van der Waals surface area contributed by atoms with E-state index >= 15 is 0 Å². The van der Waals surface area contributed by atoms with Gasteiger partial charge in [-0.3, -0.25) is 4.90 Å². The molecule has 2 aliphatic rings. The fraction of sp³-hybridized carbons (Fsp3) is 0.440. The first kappa shape index (κ1) is 18.6. The Bertz CT molecular complexity index is 1050. The number of aryl methyl sites for hydroxylation is 3. The maximum atomic E-state index is 5.53. The van der Waals surface area contributed by atoms with Gasteiger partial charge >= 0.3 is 0 Å². The largest absolute Gasteiger partial charge is 0.493 e. The maximum Gasteiger partial charge on any atom is 0.161 e. The molecule has 0 saturated heterocycles. The van der Waals surface area contributed by atoms with Crippen molar-refractivity contribution in [2.75, 3.05) is 20.8 Å². The number of fused-ring (bicyclic) bond motifs is 3. The van der Waals surface area contributed by atoms with Crippen molar-refractivity contribution >= 4 is 10.9 Å². The highest BCUT2D eigenvalue weighted by atomic mass is 16.5. The van der Waals surface area contributed by atoms with Crippen LogP contribution >= 0.6 is 0 Å². The number of ether oxygens (including phenoxy) is 2. The van der Waals surface area contributed by atoms with Crippen LogP contribution in [0, 0.1) is 6.92 Å². The standard InChI is InChI=1S/C25H30N2O2/c1-17-8-10-21-20(14-17)19-6-4-7-22-25(19)27(21)13-5-12-26(22)16-18-9-11-23(28-2)24(15-18)29-3/h8-11,14-15,22H,4-7,12-13,16H2,1-3H3/t22-/m1/s1. The van der Waals surface area contributed by atoms with Gasteiger partial charge in [0.25, 0.3) is 0 Å².